The molecule has 0 spiro atoms. The number of carbonyl (C=O) groups excluding carboxylic acids is 1. The highest BCUT2D eigenvalue weighted by atomic mass is 79.9. The van der Waals surface area contributed by atoms with Crippen LogP contribution in [0.1, 0.15) is 10.4 Å². The Bertz CT molecular complexity index is 558. The van der Waals surface area contributed by atoms with E-state index in [4.69, 9.17) is 4.74 Å². The SMILES string of the molecule is O=C(Oc1ccccc1Br)c1cncc(Br)c1. The Hall–Kier alpha value is -1.20. The summed E-state index contributed by atoms with van der Waals surface area (Å²) in [6, 6.07) is 8.83. The van der Waals surface area contributed by atoms with Crippen LogP contribution in [0.5, 0.6) is 5.75 Å². The number of aromatic nitrogens is 1. The molecule has 0 radical (unpaired) electrons. The molecular formula is C12H7Br2NO2. The summed E-state index contributed by atoms with van der Waals surface area (Å²) in [5.74, 6) is 0.0446. The molecule has 0 unspecified atom stereocenters. The number of rotatable bonds is 2. The Kier molecular flexibility index (Phi) is 3.91. The predicted molar refractivity (Wildman–Crippen MR) is 71.0 cm³/mol. The predicted octanol–water partition coefficient (Wildman–Crippen LogP) is 3.83. The maximum absolute atomic E-state index is 11.8. The van der Waals surface area contributed by atoms with Crippen molar-refractivity contribution >= 4 is 37.8 Å². The highest BCUT2D eigenvalue weighted by Gasteiger charge is 2.11. The Morgan fingerprint density at radius 2 is 1.94 bits per heavy atom. The Morgan fingerprint density at radius 1 is 1.18 bits per heavy atom. The molecule has 5 heteroatoms. The summed E-state index contributed by atoms with van der Waals surface area (Å²) in [7, 11) is 0. The van der Waals surface area contributed by atoms with Crippen LogP contribution in [0.2, 0.25) is 0 Å². The van der Waals surface area contributed by atoms with Crippen LogP contribution in [-0.2, 0) is 0 Å². The molecule has 1 heterocycles. The number of carbonyl (C=O) groups is 1. The van der Waals surface area contributed by atoms with E-state index >= 15 is 0 Å². The first kappa shape index (κ1) is 12.3. The largest absolute Gasteiger partial charge is 0.422 e. The lowest BCUT2D eigenvalue weighted by atomic mass is 10.3. The summed E-state index contributed by atoms with van der Waals surface area (Å²) in [5.41, 5.74) is 0.398. The van der Waals surface area contributed by atoms with Gasteiger partial charge in [-0.15, -0.1) is 0 Å². The van der Waals surface area contributed by atoms with Crippen LogP contribution < -0.4 is 4.74 Å². The fourth-order valence-corrected chi connectivity index (χ4v) is 1.94. The lowest BCUT2D eigenvalue weighted by molar-refractivity contribution is 0.0733. The highest BCUT2D eigenvalue weighted by molar-refractivity contribution is 9.10. The van der Waals surface area contributed by atoms with Gasteiger partial charge in [0.1, 0.15) is 5.75 Å². The molecule has 2 aromatic rings. The maximum atomic E-state index is 11.8. The molecule has 3 nitrogen and oxygen atoms in total. The molecule has 0 aliphatic heterocycles. The number of ether oxygens (including phenoxy) is 1. The summed E-state index contributed by atoms with van der Waals surface area (Å²) in [6.45, 7) is 0. The minimum absolute atomic E-state index is 0.398. The van der Waals surface area contributed by atoms with Gasteiger partial charge < -0.3 is 4.74 Å². The van der Waals surface area contributed by atoms with Gasteiger partial charge in [-0.05, 0) is 50.1 Å². The van der Waals surface area contributed by atoms with E-state index in [1.165, 1.54) is 6.20 Å². The van der Waals surface area contributed by atoms with Crippen LogP contribution in [-0.4, -0.2) is 11.0 Å². The van der Waals surface area contributed by atoms with Crippen LogP contribution in [0, 0.1) is 0 Å². The van der Waals surface area contributed by atoms with Crippen LogP contribution in [0.15, 0.2) is 51.7 Å². The molecule has 0 amide bonds. The third-order valence-electron chi connectivity index (χ3n) is 1.98. The molecule has 1 aromatic carbocycles. The molecule has 17 heavy (non-hydrogen) atoms. The number of para-hydroxylation sites is 1. The lowest BCUT2D eigenvalue weighted by Crippen LogP contribution is -2.09. The molecule has 2 rings (SSSR count). The number of pyridine rings is 1. The molecule has 0 N–H and O–H groups in total. The second-order valence-corrected chi connectivity index (χ2v) is 4.98. The fourth-order valence-electron chi connectivity index (χ4n) is 1.21. The van der Waals surface area contributed by atoms with Gasteiger partial charge in [-0.25, -0.2) is 4.79 Å². The lowest BCUT2D eigenvalue weighted by Gasteiger charge is -2.05. The first-order valence-electron chi connectivity index (χ1n) is 4.74. The van der Waals surface area contributed by atoms with E-state index in [2.05, 4.69) is 36.8 Å². The van der Waals surface area contributed by atoms with Crippen LogP contribution >= 0.6 is 31.9 Å². The van der Waals surface area contributed by atoms with Gasteiger partial charge in [0.15, 0.2) is 0 Å². The first-order chi connectivity index (χ1) is 8.16. The van der Waals surface area contributed by atoms with Crippen molar-refractivity contribution in [2.45, 2.75) is 0 Å². The molecule has 0 saturated carbocycles. The summed E-state index contributed by atoms with van der Waals surface area (Å²) in [5, 5.41) is 0. The van der Waals surface area contributed by atoms with Crippen molar-refractivity contribution in [2.24, 2.45) is 0 Å². The average molecular weight is 357 g/mol. The van der Waals surface area contributed by atoms with E-state index < -0.39 is 5.97 Å². The van der Waals surface area contributed by atoms with Crippen molar-refractivity contribution in [1.29, 1.82) is 0 Å². The number of hydrogen-bond acceptors (Lipinski definition) is 3. The van der Waals surface area contributed by atoms with E-state index in [-0.39, 0.29) is 0 Å². The summed E-state index contributed by atoms with van der Waals surface area (Å²) >= 11 is 6.56. The van der Waals surface area contributed by atoms with Crippen molar-refractivity contribution in [1.82, 2.24) is 4.98 Å². The average Bonchev–Trinajstić information content (AvgIpc) is 2.32. The molecule has 86 valence electrons. The highest BCUT2D eigenvalue weighted by Crippen LogP contribution is 2.24. The number of benzene rings is 1. The van der Waals surface area contributed by atoms with Gasteiger partial charge in [0.2, 0.25) is 0 Å². The fraction of sp³-hybridized carbons (Fsp3) is 0. The Labute approximate surface area is 115 Å². The normalized spacial score (nSPS) is 10.0. The Balaban J connectivity index is 2.20. The zero-order valence-corrected chi connectivity index (χ0v) is 11.7. The quantitative estimate of drug-likeness (QED) is 0.606. The van der Waals surface area contributed by atoms with Crippen molar-refractivity contribution < 1.29 is 9.53 Å². The van der Waals surface area contributed by atoms with Crippen molar-refractivity contribution in [2.75, 3.05) is 0 Å². The second-order valence-electron chi connectivity index (χ2n) is 3.21. The van der Waals surface area contributed by atoms with Crippen molar-refractivity contribution in [3.8, 4) is 5.75 Å². The molecule has 0 atom stereocenters. The van der Waals surface area contributed by atoms with Crippen LogP contribution in [0.3, 0.4) is 0 Å². The molecule has 0 fully saturated rings. The van der Waals surface area contributed by atoms with Crippen LogP contribution in [0.4, 0.5) is 0 Å². The molecule has 0 aliphatic rings. The molecule has 0 saturated heterocycles. The van der Waals surface area contributed by atoms with E-state index in [0.29, 0.717) is 11.3 Å². The summed E-state index contributed by atoms with van der Waals surface area (Å²) < 4.78 is 6.71. The smallest absolute Gasteiger partial charge is 0.345 e. The number of hydrogen-bond donors (Lipinski definition) is 0. The zero-order valence-electron chi connectivity index (χ0n) is 8.56. The second kappa shape index (κ2) is 5.42. The van der Waals surface area contributed by atoms with Gasteiger partial charge in [0.05, 0.1) is 10.0 Å². The minimum atomic E-state index is -0.439. The first-order valence-corrected chi connectivity index (χ1v) is 6.32. The number of nitrogens with zero attached hydrogens (tertiary/aromatic N) is 1. The Morgan fingerprint density at radius 3 is 2.65 bits per heavy atom. The van der Waals surface area contributed by atoms with E-state index in [1.54, 1.807) is 24.4 Å². The van der Waals surface area contributed by atoms with Gasteiger partial charge in [-0.1, -0.05) is 12.1 Å². The van der Waals surface area contributed by atoms with Crippen LogP contribution in [0.25, 0.3) is 0 Å². The topological polar surface area (TPSA) is 39.2 Å². The van der Waals surface area contributed by atoms with E-state index in [9.17, 15) is 4.79 Å². The summed E-state index contributed by atoms with van der Waals surface area (Å²) in [4.78, 5) is 15.7. The monoisotopic (exact) mass is 355 g/mol. The molecule has 0 aliphatic carbocycles. The van der Waals surface area contributed by atoms with E-state index in [0.717, 1.165) is 8.95 Å². The summed E-state index contributed by atoms with van der Waals surface area (Å²) in [6.07, 6.45) is 3.07. The van der Waals surface area contributed by atoms with Gasteiger partial charge in [-0.2, -0.15) is 0 Å². The van der Waals surface area contributed by atoms with Crippen molar-refractivity contribution in [3.05, 3.63) is 57.2 Å². The molecular weight excluding hydrogens is 350 g/mol. The molecule has 1 aromatic heterocycles. The number of halogens is 2. The standard InChI is InChI=1S/C12H7Br2NO2/c13-9-5-8(6-15-7-9)12(16)17-11-4-2-1-3-10(11)14/h1-7H. The van der Waals surface area contributed by atoms with Gasteiger partial charge in [-0.3, -0.25) is 4.98 Å². The number of esters is 1. The minimum Gasteiger partial charge on any atom is -0.422 e. The van der Waals surface area contributed by atoms with Gasteiger partial charge in [0, 0.05) is 16.9 Å². The van der Waals surface area contributed by atoms with E-state index in [1.807, 2.05) is 12.1 Å². The van der Waals surface area contributed by atoms with Gasteiger partial charge in [0.25, 0.3) is 0 Å². The third kappa shape index (κ3) is 3.14. The maximum Gasteiger partial charge on any atom is 0.345 e. The van der Waals surface area contributed by atoms with Crippen molar-refractivity contribution in [3.63, 3.8) is 0 Å². The van der Waals surface area contributed by atoms with Gasteiger partial charge >= 0.3 is 5.97 Å². The molecule has 0 bridgehead atoms. The third-order valence-corrected chi connectivity index (χ3v) is 3.07. The zero-order chi connectivity index (χ0) is 12.3.